The van der Waals surface area contributed by atoms with Crippen molar-refractivity contribution in [2.24, 2.45) is 0 Å². The molecule has 1 atom stereocenters. The zero-order valence-electron chi connectivity index (χ0n) is 36.1. The second-order valence-electron chi connectivity index (χ2n) is 14.5. The summed E-state index contributed by atoms with van der Waals surface area (Å²) in [6.07, 6.45) is 55.8. The van der Waals surface area contributed by atoms with Gasteiger partial charge in [-0.1, -0.05) is 183 Å². The highest BCUT2D eigenvalue weighted by molar-refractivity contribution is 5.71. The molecule has 0 saturated carbocycles. The van der Waals surface area contributed by atoms with Gasteiger partial charge in [0.1, 0.15) is 13.2 Å². The minimum absolute atomic E-state index is 0.110. The number of carbonyl (C=O) groups is 3. The molecule has 0 amide bonds. The molecular formula is C50H82O6. The van der Waals surface area contributed by atoms with Crippen LogP contribution in [0, 0.1) is 0 Å². The maximum absolute atomic E-state index is 12.7. The summed E-state index contributed by atoms with van der Waals surface area (Å²) in [4.78, 5) is 37.7. The molecule has 318 valence electrons. The fraction of sp³-hybridized carbons (Fsp3) is 0.660. The number of esters is 3. The van der Waals surface area contributed by atoms with Crippen LogP contribution in [0.15, 0.2) is 85.1 Å². The van der Waals surface area contributed by atoms with Gasteiger partial charge in [0.05, 0.1) is 0 Å². The van der Waals surface area contributed by atoms with Crippen molar-refractivity contribution in [3.05, 3.63) is 85.1 Å². The quantitative estimate of drug-likeness (QED) is 0.0268. The average molecular weight is 779 g/mol. The molecule has 0 aromatic heterocycles. The van der Waals surface area contributed by atoms with Crippen LogP contribution in [-0.2, 0) is 28.6 Å². The van der Waals surface area contributed by atoms with Crippen molar-refractivity contribution in [1.29, 1.82) is 0 Å². The topological polar surface area (TPSA) is 78.9 Å². The highest BCUT2D eigenvalue weighted by Gasteiger charge is 2.19. The summed E-state index contributed by atoms with van der Waals surface area (Å²) in [7, 11) is 0. The number of unbranched alkanes of at least 4 members (excludes halogenated alkanes) is 14. The van der Waals surface area contributed by atoms with Gasteiger partial charge in [0.15, 0.2) is 6.10 Å². The third-order valence-electron chi connectivity index (χ3n) is 9.16. The van der Waals surface area contributed by atoms with E-state index in [-0.39, 0.29) is 44.0 Å². The lowest BCUT2D eigenvalue weighted by atomic mass is 10.0. The van der Waals surface area contributed by atoms with Gasteiger partial charge in [0.25, 0.3) is 0 Å². The third-order valence-corrected chi connectivity index (χ3v) is 9.16. The first-order chi connectivity index (χ1) is 27.5. The molecule has 1 unspecified atom stereocenters. The van der Waals surface area contributed by atoms with Crippen LogP contribution in [0.3, 0.4) is 0 Å². The fourth-order valence-electron chi connectivity index (χ4n) is 5.82. The molecule has 6 nitrogen and oxygen atoms in total. The summed E-state index contributed by atoms with van der Waals surface area (Å²) in [5.41, 5.74) is 0. The predicted molar refractivity (Wildman–Crippen MR) is 237 cm³/mol. The molecule has 0 radical (unpaired) electrons. The number of rotatable bonds is 39. The summed E-state index contributed by atoms with van der Waals surface area (Å²) in [5, 5.41) is 0. The highest BCUT2D eigenvalue weighted by atomic mass is 16.6. The molecule has 0 spiro atoms. The van der Waals surface area contributed by atoms with Gasteiger partial charge in [0, 0.05) is 19.3 Å². The van der Waals surface area contributed by atoms with E-state index in [9.17, 15) is 14.4 Å². The van der Waals surface area contributed by atoms with Crippen LogP contribution in [0.25, 0.3) is 0 Å². The van der Waals surface area contributed by atoms with Crippen molar-refractivity contribution in [2.45, 2.75) is 200 Å². The number of hydrogen-bond acceptors (Lipinski definition) is 6. The minimum Gasteiger partial charge on any atom is -0.462 e. The first-order valence-corrected chi connectivity index (χ1v) is 22.6. The molecule has 0 rings (SSSR count). The van der Waals surface area contributed by atoms with Crippen LogP contribution in [0.1, 0.15) is 194 Å². The third kappa shape index (κ3) is 41.7. The summed E-state index contributed by atoms with van der Waals surface area (Å²) in [6.45, 7) is 6.29. The molecule has 0 N–H and O–H groups in total. The van der Waals surface area contributed by atoms with E-state index in [0.717, 1.165) is 89.9 Å². The molecule has 6 heteroatoms. The van der Waals surface area contributed by atoms with Gasteiger partial charge in [-0.05, 0) is 77.0 Å². The standard InChI is InChI=1S/C50H82O6/c1-4-7-10-13-16-19-22-25-28-31-34-37-40-43-49(52)55-46-47(45-54-48(51)42-39-36-33-30-27-24-21-18-15-12-9-6-3)56-50(53)44-41-38-35-32-29-26-23-20-17-14-11-8-5-2/h7-8,10-11,16-17,19-20,25-26,28-29,34,37,47H,4-6,9,12-15,18,21-24,27,30-33,35-36,38-46H2,1-3H3/b10-7-,11-8-,19-16-,20-17-,28-25-,29-26-,37-34-. The second kappa shape index (κ2) is 44.3. The normalized spacial score (nSPS) is 12.8. The molecule has 0 aliphatic heterocycles. The molecule has 0 heterocycles. The Labute approximate surface area is 344 Å². The zero-order chi connectivity index (χ0) is 40.8. The van der Waals surface area contributed by atoms with Crippen LogP contribution >= 0.6 is 0 Å². The van der Waals surface area contributed by atoms with Gasteiger partial charge in [-0.2, -0.15) is 0 Å². The first-order valence-electron chi connectivity index (χ1n) is 22.6. The van der Waals surface area contributed by atoms with E-state index in [1.165, 1.54) is 57.8 Å². The van der Waals surface area contributed by atoms with Gasteiger partial charge >= 0.3 is 17.9 Å². The Morgan fingerprint density at radius 1 is 0.375 bits per heavy atom. The van der Waals surface area contributed by atoms with Gasteiger partial charge in [-0.3, -0.25) is 14.4 Å². The lowest BCUT2D eigenvalue weighted by Gasteiger charge is -2.18. The van der Waals surface area contributed by atoms with Crippen molar-refractivity contribution in [3.8, 4) is 0 Å². The van der Waals surface area contributed by atoms with E-state index >= 15 is 0 Å². The summed E-state index contributed by atoms with van der Waals surface area (Å²) < 4.78 is 16.6. The summed E-state index contributed by atoms with van der Waals surface area (Å²) in [6, 6.07) is 0. The Balaban J connectivity index is 4.54. The van der Waals surface area contributed by atoms with Crippen LogP contribution in [0.4, 0.5) is 0 Å². The van der Waals surface area contributed by atoms with Gasteiger partial charge in [0.2, 0.25) is 0 Å². The Hall–Kier alpha value is -3.41. The Bertz CT molecular complexity index is 1120. The SMILES string of the molecule is CC/C=C\C/C=C\C/C=C\C/C=C\CCC(=O)OCC(COC(=O)CCCCCCCCCCCCCC)OC(=O)CCCCC/C=C\C/C=C\C/C=C\CC. The maximum Gasteiger partial charge on any atom is 0.306 e. The maximum atomic E-state index is 12.7. The molecular weight excluding hydrogens is 697 g/mol. The molecule has 56 heavy (non-hydrogen) atoms. The van der Waals surface area contributed by atoms with Crippen molar-refractivity contribution in [1.82, 2.24) is 0 Å². The van der Waals surface area contributed by atoms with Crippen molar-refractivity contribution in [2.75, 3.05) is 13.2 Å². The number of ether oxygens (including phenoxy) is 3. The van der Waals surface area contributed by atoms with Crippen molar-refractivity contribution >= 4 is 17.9 Å². The van der Waals surface area contributed by atoms with Crippen LogP contribution in [0.2, 0.25) is 0 Å². The molecule has 0 aromatic carbocycles. The smallest absolute Gasteiger partial charge is 0.306 e. The lowest BCUT2D eigenvalue weighted by molar-refractivity contribution is -0.166. The number of allylic oxidation sites excluding steroid dienone is 14. The van der Waals surface area contributed by atoms with E-state index in [2.05, 4.69) is 93.7 Å². The average Bonchev–Trinajstić information content (AvgIpc) is 3.19. The minimum atomic E-state index is -0.816. The zero-order valence-corrected chi connectivity index (χ0v) is 36.1. The predicted octanol–water partition coefficient (Wildman–Crippen LogP) is 14.5. The molecule has 0 aliphatic rings. The molecule has 0 fully saturated rings. The second-order valence-corrected chi connectivity index (χ2v) is 14.5. The van der Waals surface area contributed by atoms with Crippen LogP contribution in [0.5, 0.6) is 0 Å². The van der Waals surface area contributed by atoms with Crippen LogP contribution in [-0.4, -0.2) is 37.2 Å². The Morgan fingerprint density at radius 2 is 0.732 bits per heavy atom. The Kier molecular flexibility index (Phi) is 41.6. The van der Waals surface area contributed by atoms with E-state index < -0.39 is 6.10 Å². The molecule has 0 aliphatic carbocycles. The van der Waals surface area contributed by atoms with E-state index in [1.807, 2.05) is 12.2 Å². The largest absolute Gasteiger partial charge is 0.462 e. The van der Waals surface area contributed by atoms with Gasteiger partial charge < -0.3 is 14.2 Å². The van der Waals surface area contributed by atoms with Gasteiger partial charge in [-0.15, -0.1) is 0 Å². The summed E-state index contributed by atoms with van der Waals surface area (Å²) >= 11 is 0. The van der Waals surface area contributed by atoms with Crippen molar-refractivity contribution < 1.29 is 28.6 Å². The molecule has 0 bridgehead atoms. The van der Waals surface area contributed by atoms with E-state index in [4.69, 9.17) is 14.2 Å². The Morgan fingerprint density at radius 3 is 1.20 bits per heavy atom. The fourth-order valence-corrected chi connectivity index (χ4v) is 5.82. The van der Waals surface area contributed by atoms with Crippen molar-refractivity contribution in [3.63, 3.8) is 0 Å². The molecule has 0 saturated heterocycles. The van der Waals surface area contributed by atoms with Crippen LogP contribution < -0.4 is 0 Å². The number of carbonyl (C=O) groups excluding carboxylic acids is 3. The van der Waals surface area contributed by atoms with E-state index in [1.54, 1.807) is 0 Å². The van der Waals surface area contributed by atoms with Gasteiger partial charge in [-0.25, -0.2) is 0 Å². The number of hydrogen-bond donors (Lipinski definition) is 0. The monoisotopic (exact) mass is 779 g/mol. The first kappa shape index (κ1) is 52.6. The highest BCUT2D eigenvalue weighted by Crippen LogP contribution is 2.13. The lowest BCUT2D eigenvalue weighted by Crippen LogP contribution is -2.30. The molecule has 0 aromatic rings. The summed E-state index contributed by atoms with van der Waals surface area (Å²) in [5.74, 6) is -1.03. The van der Waals surface area contributed by atoms with E-state index in [0.29, 0.717) is 12.8 Å².